The van der Waals surface area contributed by atoms with E-state index in [0.29, 0.717) is 0 Å². The third-order valence-electron chi connectivity index (χ3n) is 2.11. The van der Waals surface area contributed by atoms with Gasteiger partial charge in [-0.2, -0.15) is 5.26 Å². The van der Waals surface area contributed by atoms with E-state index in [4.69, 9.17) is 10.00 Å². The molecule has 4 nitrogen and oxygen atoms in total. The summed E-state index contributed by atoms with van der Waals surface area (Å²) in [6.07, 6.45) is 0. The lowest BCUT2D eigenvalue weighted by Crippen LogP contribution is -2.39. The predicted octanol–water partition coefficient (Wildman–Crippen LogP) is 2.03. The number of hydrogen-bond donors (Lipinski definition) is 0. The Morgan fingerprint density at radius 2 is 2.12 bits per heavy atom. The molecule has 0 unspecified atom stereocenters. The number of rotatable bonds is 3. The Hall–Kier alpha value is -2.09. The number of nitrogens with zero attached hydrogens (tertiary/aromatic N) is 1. The molecule has 0 aliphatic carbocycles. The molecule has 1 rings (SSSR count). The SMILES string of the molecule is COC(=O)C(C)(C)Oc1ccc(C#N)c(F)c1. The van der Waals surface area contributed by atoms with E-state index in [-0.39, 0.29) is 11.3 Å². The molecule has 0 amide bonds. The number of hydrogen-bond acceptors (Lipinski definition) is 4. The quantitative estimate of drug-likeness (QED) is 0.755. The van der Waals surface area contributed by atoms with Crippen LogP contribution in [0, 0.1) is 17.1 Å². The lowest BCUT2D eigenvalue weighted by molar-refractivity contribution is -0.156. The fourth-order valence-corrected chi connectivity index (χ4v) is 1.23. The lowest BCUT2D eigenvalue weighted by atomic mass is 10.1. The van der Waals surface area contributed by atoms with Gasteiger partial charge in [-0.3, -0.25) is 0 Å². The van der Waals surface area contributed by atoms with Gasteiger partial charge in [0, 0.05) is 6.07 Å². The molecule has 0 heterocycles. The molecule has 0 N–H and O–H groups in total. The minimum atomic E-state index is -1.21. The Morgan fingerprint density at radius 1 is 1.47 bits per heavy atom. The van der Waals surface area contributed by atoms with Crippen LogP contribution in [0.1, 0.15) is 19.4 Å². The molecule has 0 radical (unpaired) electrons. The van der Waals surface area contributed by atoms with E-state index in [9.17, 15) is 9.18 Å². The maximum atomic E-state index is 13.3. The van der Waals surface area contributed by atoms with Crippen LogP contribution in [0.4, 0.5) is 4.39 Å². The number of halogens is 1. The fraction of sp³-hybridized carbons (Fsp3) is 0.333. The van der Waals surface area contributed by atoms with Crippen LogP contribution in [0.3, 0.4) is 0 Å². The van der Waals surface area contributed by atoms with Crippen LogP contribution in [-0.4, -0.2) is 18.7 Å². The lowest BCUT2D eigenvalue weighted by Gasteiger charge is -2.23. The zero-order chi connectivity index (χ0) is 13.1. The second-order valence-corrected chi connectivity index (χ2v) is 3.86. The van der Waals surface area contributed by atoms with Crippen molar-refractivity contribution in [3.05, 3.63) is 29.6 Å². The van der Waals surface area contributed by atoms with Gasteiger partial charge < -0.3 is 9.47 Å². The number of carbonyl (C=O) groups is 1. The average molecular weight is 237 g/mol. The van der Waals surface area contributed by atoms with Gasteiger partial charge in [-0.1, -0.05) is 0 Å². The van der Waals surface area contributed by atoms with Crippen LogP contribution >= 0.6 is 0 Å². The maximum absolute atomic E-state index is 13.3. The van der Waals surface area contributed by atoms with Crippen LogP contribution < -0.4 is 4.74 Å². The molecule has 1 aromatic rings. The van der Waals surface area contributed by atoms with Crippen molar-refractivity contribution >= 4 is 5.97 Å². The highest BCUT2D eigenvalue weighted by molar-refractivity contribution is 5.78. The smallest absolute Gasteiger partial charge is 0.349 e. The minimum absolute atomic E-state index is 0.0757. The molecule has 0 saturated carbocycles. The third-order valence-corrected chi connectivity index (χ3v) is 2.11. The highest BCUT2D eigenvalue weighted by Gasteiger charge is 2.31. The molecule has 0 atom stereocenters. The molecule has 0 saturated heterocycles. The Balaban J connectivity index is 2.94. The average Bonchev–Trinajstić information content (AvgIpc) is 2.27. The third kappa shape index (κ3) is 2.94. The van der Waals surface area contributed by atoms with Gasteiger partial charge in [0.2, 0.25) is 0 Å². The van der Waals surface area contributed by atoms with Gasteiger partial charge in [-0.15, -0.1) is 0 Å². The van der Waals surface area contributed by atoms with Gasteiger partial charge >= 0.3 is 5.97 Å². The monoisotopic (exact) mass is 237 g/mol. The number of ether oxygens (including phenoxy) is 2. The summed E-state index contributed by atoms with van der Waals surface area (Å²) >= 11 is 0. The maximum Gasteiger partial charge on any atom is 0.349 e. The number of esters is 1. The van der Waals surface area contributed by atoms with Crippen LogP contribution in [-0.2, 0) is 9.53 Å². The molecule has 0 bridgehead atoms. The van der Waals surface area contributed by atoms with Gasteiger partial charge in [-0.25, -0.2) is 9.18 Å². The molecule has 90 valence electrons. The van der Waals surface area contributed by atoms with E-state index >= 15 is 0 Å². The summed E-state index contributed by atoms with van der Waals surface area (Å²) in [5.41, 5.74) is -1.29. The Bertz CT molecular complexity index is 477. The Kier molecular flexibility index (Phi) is 3.69. The van der Waals surface area contributed by atoms with Crippen molar-refractivity contribution < 1.29 is 18.7 Å². The van der Waals surface area contributed by atoms with E-state index in [1.54, 1.807) is 6.07 Å². The highest BCUT2D eigenvalue weighted by Crippen LogP contribution is 2.21. The van der Waals surface area contributed by atoms with Gasteiger partial charge in [0.05, 0.1) is 12.7 Å². The summed E-state index contributed by atoms with van der Waals surface area (Å²) in [5, 5.41) is 8.56. The largest absolute Gasteiger partial charge is 0.476 e. The standard InChI is InChI=1S/C12H12FNO3/c1-12(2,11(15)16-3)17-9-5-4-8(7-14)10(13)6-9/h4-6H,1-3H3. The number of methoxy groups -OCH3 is 1. The summed E-state index contributed by atoms with van der Waals surface area (Å²) in [6.45, 7) is 3.02. The molecular weight excluding hydrogens is 225 g/mol. The van der Waals surface area contributed by atoms with E-state index in [1.165, 1.54) is 33.1 Å². The van der Waals surface area contributed by atoms with Crippen LogP contribution in [0.25, 0.3) is 0 Å². The summed E-state index contributed by atoms with van der Waals surface area (Å²) in [7, 11) is 1.24. The summed E-state index contributed by atoms with van der Waals surface area (Å²) < 4.78 is 23.2. The van der Waals surface area contributed by atoms with Crippen molar-refractivity contribution in [2.24, 2.45) is 0 Å². The summed E-state index contributed by atoms with van der Waals surface area (Å²) in [5.74, 6) is -1.09. The van der Waals surface area contributed by atoms with E-state index in [1.807, 2.05) is 0 Å². The molecule has 17 heavy (non-hydrogen) atoms. The Morgan fingerprint density at radius 3 is 2.59 bits per heavy atom. The van der Waals surface area contributed by atoms with Crippen LogP contribution in [0.15, 0.2) is 18.2 Å². The second-order valence-electron chi connectivity index (χ2n) is 3.86. The van der Waals surface area contributed by atoms with Crippen LogP contribution in [0.2, 0.25) is 0 Å². The van der Waals surface area contributed by atoms with Gasteiger partial charge in [0.25, 0.3) is 0 Å². The number of benzene rings is 1. The van der Waals surface area contributed by atoms with Crippen LogP contribution in [0.5, 0.6) is 5.75 Å². The molecule has 0 aliphatic heterocycles. The van der Waals surface area contributed by atoms with Gasteiger partial charge in [0.1, 0.15) is 17.6 Å². The van der Waals surface area contributed by atoms with E-state index < -0.39 is 17.4 Å². The summed E-state index contributed by atoms with van der Waals surface area (Å²) in [6, 6.07) is 5.47. The molecule has 0 fully saturated rings. The first-order valence-electron chi connectivity index (χ1n) is 4.88. The second kappa shape index (κ2) is 4.83. The first kappa shape index (κ1) is 13.0. The molecular formula is C12H12FNO3. The fourth-order valence-electron chi connectivity index (χ4n) is 1.23. The van der Waals surface area contributed by atoms with E-state index in [0.717, 1.165) is 6.07 Å². The minimum Gasteiger partial charge on any atom is -0.476 e. The molecule has 0 aromatic heterocycles. The van der Waals surface area contributed by atoms with Crippen molar-refractivity contribution in [2.45, 2.75) is 19.4 Å². The first-order valence-corrected chi connectivity index (χ1v) is 4.88. The molecule has 0 aliphatic rings. The van der Waals surface area contributed by atoms with E-state index in [2.05, 4.69) is 4.74 Å². The number of nitriles is 1. The predicted molar refractivity (Wildman–Crippen MR) is 57.8 cm³/mol. The topological polar surface area (TPSA) is 59.3 Å². The first-order chi connectivity index (χ1) is 7.90. The van der Waals surface area contributed by atoms with Crippen molar-refractivity contribution in [2.75, 3.05) is 7.11 Å². The zero-order valence-corrected chi connectivity index (χ0v) is 9.78. The molecule has 0 spiro atoms. The van der Waals surface area contributed by atoms with Crippen molar-refractivity contribution in [3.8, 4) is 11.8 Å². The zero-order valence-electron chi connectivity index (χ0n) is 9.78. The van der Waals surface area contributed by atoms with Gasteiger partial charge in [-0.05, 0) is 26.0 Å². The van der Waals surface area contributed by atoms with Crippen molar-refractivity contribution in [1.82, 2.24) is 0 Å². The van der Waals surface area contributed by atoms with Crippen molar-refractivity contribution in [1.29, 1.82) is 5.26 Å². The Labute approximate surface area is 98.6 Å². The molecule has 1 aromatic carbocycles. The normalized spacial score (nSPS) is 10.5. The number of carbonyl (C=O) groups excluding carboxylic acids is 1. The highest BCUT2D eigenvalue weighted by atomic mass is 19.1. The van der Waals surface area contributed by atoms with Crippen molar-refractivity contribution in [3.63, 3.8) is 0 Å². The summed E-state index contributed by atoms with van der Waals surface area (Å²) in [4.78, 5) is 11.4. The molecule has 5 heteroatoms. The van der Waals surface area contributed by atoms with Gasteiger partial charge in [0.15, 0.2) is 5.60 Å².